The molecular formula is C21H24N2O6. The van der Waals surface area contributed by atoms with Crippen molar-refractivity contribution in [1.29, 1.82) is 0 Å². The highest BCUT2D eigenvalue weighted by Gasteiger charge is 2.63. The number of esters is 2. The summed E-state index contributed by atoms with van der Waals surface area (Å²) in [5.41, 5.74) is 4.99. The van der Waals surface area contributed by atoms with Crippen LogP contribution < -0.4 is 10.6 Å². The van der Waals surface area contributed by atoms with Gasteiger partial charge < -0.3 is 24.8 Å². The summed E-state index contributed by atoms with van der Waals surface area (Å²) in [5, 5.41) is 0. The fourth-order valence-corrected chi connectivity index (χ4v) is 4.02. The number of hydrogen-bond donors (Lipinski definition) is 1. The first-order valence-electron chi connectivity index (χ1n) is 9.31. The summed E-state index contributed by atoms with van der Waals surface area (Å²) in [4.78, 5) is 41.3. The number of amides is 1. The second-order valence-corrected chi connectivity index (χ2v) is 7.03. The molecule has 1 spiro atoms. The Hall–Kier alpha value is -3.29. The monoisotopic (exact) mass is 400 g/mol. The Labute approximate surface area is 168 Å². The highest BCUT2D eigenvalue weighted by molar-refractivity contribution is 6.22. The standard InChI is InChI=1S/C21H24N2O6/c1-6-23-14-10-8-7-9-13(14)21(20(23)26)15(19(25)28-11(2)3)12(4)29-17(22)16(21)18(24)27-5/h7-11H,6,22H2,1-5H3. The summed E-state index contributed by atoms with van der Waals surface area (Å²) < 4.78 is 15.9. The van der Waals surface area contributed by atoms with Gasteiger partial charge in [-0.25, -0.2) is 9.59 Å². The van der Waals surface area contributed by atoms with Crippen LogP contribution in [0, 0.1) is 0 Å². The second kappa shape index (κ2) is 7.27. The molecule has 1 atom stereocenters. The molecule has 2 heterocycles. The van der Waals surface area contributed by atoms with E-state index in [0.717, 1.165) is 0 Å². The molecule has 29 heavy (non-hydrogen) atoms. The molecule has 154 valence electrons. The number of hydrogen-bond acceptors (Lipinski definition) is 7. The van der Waals surface area contributed by atoms with Crippen LogP contribution in [-0.2, 0) is 34.0 Å². The number of methoxy groups -OCH3 is 1. The molecule has 3 rings (SSSR count). The molecule has 0 saturated carbocycles. The minimum atomic E-state index is -1.81. The van der Waals surface area contributed by atoms with Gasteiger partial charge in [0, 0.05) is 17.8 Å². The molecule has 8 heteroatoms. The number of ether oxygens (including phenoxy) is 3. The van der Waals surface area contributed by atoms with Gasteiger partial charge in [-0.3, -0.25) is 4.79 Å². The fourth-order valence-electron chi connectivity index (χ4n) is 4.02. The number of nitrogens with zero attached hydrogens (tertiary/aromatic N) is 1. The van der Waals surface area contributed by atoms with Crippen molar-refractivity contribution in [2.45, 2.75) is 39.2 Å². The van der Waals surface area contributed by atoms with E-state index in [0.29, 0.717) is 17.8 Å². The van der Waals surface area contributed by atoms with Crippen molar-refractivity contribution < 1.29 is 28.6 Å². The Morgan fingerprint density at radius 3 is 2.45 bits per heavy atom. The van der Waals surface area contributed by atoms with Gasteiger partial charge in [-0.15, -0.1) is 0 Å². The molecule has 0 bridgehead atoms. The predicted molar refractivity (Wildman–Crippen MR) is 104 cm³/mol. The zero-order valence-electron chi connectivity index (χ0n) is 17.1. The van der Waals surface area contributed by atoms with Crippen LogP contribution in [0.3, 0.4) is 0 Å². The number of carbonyl (C=O) groups excluding carboxylic acids is 3. The van der Waals surface area contributed by atoms with E-state index < -0.39 is 29.4 Å². The van der Waals surface area contributed by atoms with Gasteiger partial charge in [-0.2, -0.15) is 0 Å². The van der Waals surface area contributed by atoms with Crippen molar-refractivity contribution in [2.24, 2.45) is 5.73 Å². The number of benzene rings is 1. The van der Waals surface area contributed by atoms with E-state index in [1.54, 1.807) is 45.0 Å². The lowest BCUT2D eigenvalue weighted by atomic mass is 9.67. The molecule has 8 nitrogen and oxygen atoms in total. The summed E-state index contributed by atoms with van der Waals surface area (Å²) in [7, 11) is 1.18. The zero-order chi connectivity index (χ0) is 21.5. The number of para-hydroxylation sites is 1. The van der Waals surface area contributed by atoms with Crippen LogP contribution in [0.1, 0.15) is 33.3 Å². The minimum Gasteiger partial charge on any atom is -0.465 e. The van der Waals surface area contributed by atoms with E-state index in [9.17, 15) is 14.4 Å². The fraction of sp³-hybridized carbons (Fsp3) is 0.381. The molecule has 1 aromatic rings. The van der Waals surface area contributed by atoms with Gasteiger partial charge in [0.1, 0.15) is 22.3 Å². The lowest BCUT2D eigenvalue weighted by molar-refractivity contribution is -0.145. The number of allylic oxidation sites excluding steroid dienone is 1. The molecular weight excluding hydrogens is 376 g/mol. The Morgan fingerprint density at radius 1 is 1.21 bits per heavy atom. The van der Waals surface area contributed by atoms with Gasteiger partial charge >= 0.3 is 11.9 Å². The van der Waals surface area contributed by atoms with E-state index in [1.807, 2.05) is 0 Å². The molecule has 0 radical (unpaired) electrons. The van der Waals surface area contributed by atoms with E-state index in [1.165, 1.54) is 18.9 Å². The van der Waals surface area contributed by atoms with Crippen molar-refractivity contribution in [3.8, 4) is 0 Å². The van der Waals surface area contributed by atoms with Crippen molar-refractivity contribution >= 4 is 23.5 Å². The number of nitrogens with two attached hydrogens (primary N) is 1. The van der Waals surface area contributed by atoms with E-state index in [2.05, 4.69) is 0 Å². The summed E-state index contributed by atoms with van der Waals surface area (Å²) in [6.07, 6.45) is -0.446. The van der Waals surface area contributed by atoms with Gasteiger partial charge in [0.15, 0.2) is 0 Å². The topological polar surface area (TPSA) is 108 Å². The molecule has 0 saturated heterocycles. The van der Waals surface area contributed by atoms with Crippen molar-refractivity contribution in [1.82, 2.24) is 0 Å². The first-order valence-corrected chi connectivity index (χ1v) is 9.31. The first-order chi connectivity index (χ1) is 13.7. The quantitative estimate of drug-likeness (QED) is 0.769. The SMILES string of the molecule is CCN1C(=O)C2(C(C(=O)OC(C)C)=C(C)OC(N)=C2C(=O)OC)c2ccccc21. The second-order valence-electron chi connectivity index (χ2n) is 7.03. The molecule has 2 aliphatic heterocycles. The van der Waals surface area contributed by atoms with E-state index in [4.69, 9.17) is 19.9 Å². The van der Waals surface area contributed by atoms with Crippen molar-refractivity contribution in [3.05, 3.63) is 52.6 Å². The number of rotatable bonds is 4. The smallest absolute Gasteiger partial charge is 0.340 e. The highest BCUT2D eigenvalue weighted by atomic mass is 16.5. The van der Waals surface area contributed by atoms with Crippen LogP contribution >= 0.6 is 0 Å². The van der Waals surface area contributed by atoms with Crippen LogP contribution in [0.4, 0.5) is 5.69 Å². The molecule has 2 N–H and O–H groups in total. The Kier molecular flexibility index (Phi) is 5.13. The van der Waals surface area contributed by atoms with Gasteiger partial charge in [-0.1, -0.05) is 18.2 Å². The molecule has 0 aromatic heterocycles. The van der Waals surface area contributed by atoms with Crippen molar-refractivity contribution in [2.75, 3.05) is 18.6 Å². The molecule has 1 amide bonds. The van der Waals surface area contributed by atoms with Crippen molar-refractivity contribution in [3.63, 3.8) is 0 Å². The minimum absolute atomic E-state index is 0.0748. The molecule has 0 fully saturated rings. The third kappa shape index (κ3) is 2.78. The van der Waals surface area contributed by atoms with Crippen LogP contribution in [0.25, 0.3) is 0 Å². The van der Waals surface area contributed by atoms with Crippen LogP contribution in [-0.4, -0.2) is 37.6 Å². The lowest BCUT2D eigenvalue weighted by Gasteiger charge is -2.36. The van der Waals surface area contributed by atoms with Crippen LogP contribution in [0.15, 0.2) is 47.1 Å². The molecule has 1 aromatic carbocycles. The van der Waals surface area contributed by atoms with E-state index in [-0.39, 0.29) is 22.8 Å². The maximum absolute atomic E-state index is 13.8. The maximum atomic E-state index is 13.8. The largest absolute Gasteiger partial charge is 0.465 e. The summed E-state index contributed by atoms with van der Waals surface area (Å²) in [5.74, 6) is -2.28. The molecule has 1 unspecified atom stereocenters. The number of fused-ring (bicyclic) bond motifs is 2. The van der Waals surface area contributed by atoms with Gasteiger partial charge in [-0.05, 0) is 33.8 Å². The Bertz CT molecular complexity index is 962. The first kappa shape index (κ1) is 20.4. The zero-order valence-corrected chi connectivity index (χ0v) is 17.1. The maximum Gasteiger partial charge on any atom is 0.340 e. The lowest BCUT2D eigenvalue weighted by Crippen LogP contribution is -2.51. The number of carbonyl (C=O) groups is 3. The van der Waals surface area contributed by atoms with Gasteiger partial charge in [0.2, 0.25) is 11.8 Å². The third-order valence-electron chi connectivity index (χ3n) is 5.03. The average Bonchev–Trinajstić information content (AvgIpc) is 2.89. The predicted octanol–water partition coefficient (Wildman–Crippen LogP) is 1.89. The summed E-state index contributed by atoms with van der Waals surface area (Å²) in [6.45, 7) is 7.04. The molecule has 2 aliphatic rings. The highest BCUT2D eigenvalue weighted by Crippen LogP contribution is 2.54. The van der Waals surface area contributed by atoms with Crippen LogP contribution in [0.5, 0.6) is 0 Å². The third-order valence-corrected chi connectivity index (χ3v) is 5.03. The Morgan fingerprint density at radius 2 is 1.86 bits per heavy atom. The summed E-state index contributed by atoms with van der Waals surface area (Å²) in [6, 6.07) is 6.96. The normalized spacial score (nSPS) is 20.9. The summed E-state index contributed by atoms with van der Waals surface area (Å²) >= 11 is 0. The van der Waals surface area contributed by atoms with E-state index >= 15 is 0 Å². The van der Waals surface area contributed by atoms with Gasteiger partial charge in [0.05, 0.1) is 13.2 Å². The molecule has 0 aliphatic carbocycles. The average molecular weight is 400 g/mol. The number of anilines is 1. The Balaban J connectivity index is 2.43. The van der Waals surface area contributed by atoms with Crippen LogP contribution in [0.2, 0.25) is 0 Å². The van der Waals surface area contributed by atoms with Gasteiger partial charge in [0.25, 0.3) is 0 Å². The number of likely N-dealkylation sites (N-methyl/N-ethyl adjacent to an activating group) is 1.